The van der Waals surface area contributed by atoms with Crippen LogP contribution in [0, 0.1) is 0 Å². The van der Waals surface area contributed by atoms with Crippen molar-refractivity contribution in [3.63, 3.8) is 0 Å². The number of benzene rings is 1. The predicted molar refractivity (Wildman–Crippen MR) is 85.4 cm³/mol. The third-order valence-electron chi connectivity index (χ3n) is 4.14. The standard InChI is InChI=1S/C17H23N3O/c1-3-19-17(16-12-20(2)9-10-21-16)14-6-4-5-13-7-8-18-11-15(13)14/h4-8,11,16-17,19H,3,9-10,12H2,1-2H3. The van der Waals surface area contributed by atoms with Gasteiger partial charge >= 0.3 is 0 Å². The molecule has 3 rings (SSSR count). The van der Waals surface area contributed by atoms with Gasteiger partial charge in [-0.2, -0.15) is 0 Å². The van der Waals surface area contributed by atoms with E-state index in [0.717, 1.165) is 26.2 Å². The van der Waals surface area contributed by atoms with Crippen molar-refractivity contribution in [3.8, 4) is 0 Å². The molecule has 2 atom stereocenters. The summed E-state index contributed by atoms with van der Waals surface area (Å²) >= 11 is 0. The molecular weight excluding hydrogens is 262 g/mol. The van der Waals surface area contributed by atoms with E-state index in [0.29, 0.717) is 0 Å². The Morgan fingerprint density at radius 1 is 1.43 bits per heavy atom. The molecule has 1 aliphatic heterocycles. The van der Waals surface area contributed by atoms with Crippen LogP contribution in [0.4, 0.5) is 0 Å². The molecule has 0 spiro atoms. The van der Waals surface area contributed by atoms with Crippen LogP contribution < -0.4 is 5.32 Å². The molecule has 112 valence electrons. The summed E-state index contributed by atoms with van der Waals surface area (Å²) in [5.74, 6) is 0. The van der Waals surface area contributed by atoms with E-state index >= 15 is 0 Å². The minimum atomic E-state index is 0.175. The Balaban J connectivity index is 1.98. The maximum atomic E-state index is 6.04. The third-order valence-corrected chi connectivity index (χ3v) is 4.14. The fourth-order valence-corrected chi connectivity index (χ4v) is 3.08. The van der Waals surface area contributed by atoms with E-state index in [1.54, 1.807) is 0 Å². The lowest BCUT2D eigenvalue weighted by molar-refractivity contribution is -0.0387. The SMILES string of the molecule is CCNC(c1cccc2ccncc12)C1CN(C)CCO1. The number of aromatic nitrogens is 1. The summed E-state index contributed by atoms with van der Waals surface area (Å²) in [6.45, 7) is 5.82. The van der Waals surface area contributed by atoms with E-state index in [1.165, 1.54) is 16.3 Å². The third kappa shape index (κ3) is 3.07. The fraction of sp³-hybridized carbons (Fsp3) is 0.471. The molecule has 0 bridgehead atoms. The number of hydrogen-bond acceptors (Lipinski definition) is 4. The zero-order valence-corrected chi connectivity index (χ0v) is 12.7. The molecule has 0 radical (unpaired) electrons. The number of morpholine rings is 1. The number of pyridine rings is 1. The minimum Gasteiger partial charge on any atom is -0.374 e. The summed E-state index contributed by atoms with van der Waals surface area (Å²) in [5, 5.41) is 6.04. The first-order chi connectivity index (χ1) is 10.3. The quantitative estimate of drug-likeness (QED) is 0.934. The van der Waals surface area contributed by atoms with Gasteiger partial charge in [-0.15, -0.1) is 0 Å². The Hall–Kier alpha value is -1.49. The first-order valence-corrected chi connectivity index (χ1v) is 7.65. The van der Waals surface area contributed by atoms with Crippen molar-refractivity contribution in [1.82, 2.24) is 15.2 Å². The molecule has 1 saturated heterocycles. The summed E-state index contributed by atoms with van der Waals surface area (Å²) in [5.41, 5.74) is 1.28. The van der Waals surface area contributed by atoms with E-state index in [-0.39, 0.29) is 12.1 Å². The first kappa shape index (κ1) is 14.4. The summed E-state index contributed by atoms with van der Waals surface area (Å²) < 4.78 is 6.04. The van der Waals surface area contributed by atoms with Crippen LogP contribution in [-0.2, 0) is 4.74 Å². The normalized spacial score (nSPS) is 21.5. The van der Waals surface area contributed by atoms with Crippen molar-refractivity contribution >= 4 is 10.8 Å². The fourth-order valence-electron chi connectivity index (χ4n) is 3.08. The van der Waals surface area contributed by atoms with Crippen LogP contribution >= 0.6 is 0 Å². The zero-order chi connectivity index (χ0) is 14.7. The van der Waals surface area contributed by atoms with Crippen molar-refractivity contribution < 1.29 is 4.74 Å². The molecule has 4 nitrogen and oxygen atoms in total. The summed E-state index contributed by atoms with van der Waals surface area (Å²) in [7, 11) is 2.16. The molecule has 0 aliphatic carbocycles. The molecule has 0 saturated carbocycles. The highest BCUT2D eigenvalue weighted by Crippen LogP contribution is 2.28. The van der Waals surface area contributed by atoms with E-state index in [1.807, 2.05) is 12.4 Å². The Bertz CT molecular complexity index is 596. The van der Waals surface area contributed by atoms with Gasteiger partial charge in [0.1, 0.15) is 0 Å². The minimum absolute atomic E-state index is 0.175. The summed E-state index contributed by atoms with van der Waals surface area (Å²) in [6.07, 6.45) is 3.98. The highest BCUT2D eigenvalue weighted by atomic mass is 16.5. The monoisotopic (exact) mass is 285 g/mol. The lowest BCUT2D eigenvalue weighted by Crippen LogP contribution is -2.46. The van der Waals surface area contributed by atoms with Gasteiger partial charge in [0, 0.05) is 30.9 Å². The molecule has 4 heteroatoms. The highest BCUT2D eigenvalue weighted by Gasteiger charge is 2.28. The molecule has 2 unspecified atom stereocenters. The van der Waals surface area contributed by atoms with Crippen molar-refractivity contribution in [2.24, 2.45) is 0 Å². The number of nitrogens with zero attached hydrogens (tertiary/aromatic N) is 2. The molecule has 1 aliphatic rings. The van der Waals surface area contributed by atoms with Crippen molar-refractivity contribution in [2.75, 3.05) is 33.3 Å². The van der Waals surface area contributed by atoms with Gasteiger partial charge in [-0.05, 0) is 30.6 Å². The zero-order valence-electron chi connectivity index (χ0n) is 12.7. The van der Waals surface area contributed by atoms with Crippen LogP contribution in [0.5, 0.6) is 0 Å². The Labute approximate surface area is 126 Å². The van der Waals surface area contributed by atoms with Gasteiger partial charge < -0.3 is 15.0 Å². The van der Waals surface area contributed by atoms with E-state index in [2.05, 4.69) is 53.4 Å². The van der Waals surface area contributed by atoms with Crippen molar-refractivity contribution in [3.05, 3.63) is 42.2 Å². The van der Waals surface area contributed by atoms with Crippen LogP contribution in [0.3, 0.4) is 0 Å². The number of rotatable bonds is 4. The first-order valence-electron chi connectivity index (χ1n) is 7.65. The van der Waals surface area contributed by atoms with Gasteiger partial charge in [-0.1, -0.05) is 25.1 Å². The average Bonchev–Trinajstić information content (AvgIpc) is 2.52. The van der Waals surface area contributed by atoms with Crippen LogP contribution in [-0.4, -0.2) is 49.3 Å². The number of ether oxygens (including phenoxy) is 1. The van der Waals surface area contributed by atoms with Crippen molar-refractivity contribution in [1.29, 1.82) is 0 Å². The van der Waals surface area contributed by atoms with Gasteiger partial charge in [0.15, 0.2) is 0 Å². The van der Waals surface area contributed by atoms with Gasteiger partial charge in [0.25, 0.3) is 0 Å². The van der Waals surface area contributed by atoms with Crippen molar-refractivity contribution in [2.45, 2.75) is 19.1 Å². The molecule has 21 heavy (non-hydrogen) atoms. The second-order valence-corrected chi connectivity index (χ2v) is 5.65. The highest BCUT2D eigenvalue weighted by molar-refractivity contribution is 5.85. The van der Waals surface area contributed by atoms with Gasteiger partial charge in [0.2, 0.25) is 0 Å². The predicted octanol–water partition coefficient (Wildman–Crippen LogP) is 2.22. The van der Waals surface area contributed by atoms with Crippen LogP contribution in [0.1, 0.15) is 18.5 Å². The van der Waals surface area contributed by atoms with E-state index in [4.69, 9.17) is 4.74 Å². The van der Waals surface area contributed by atoms with Crippen LogP contribution in [0.25, 0.3) is 10.8 Å². The maximum Gasteiger partial charge on any atom is 0.0897 e. The molecule has 1 fully saturated rings. The van der Waals surface area contributed by atoms with Crippen LogP contribution in [0.15, 0.2) is 36.7 Å². The molecule has 2 heterocycles. The summed E-state index contributed by atoms with van der Waals surface area (Å²) in [6, 6.07) is 8.71. The molecule has 1 N–H and O–H groups in total. The molecule has 0 amide bonds. The Morgan fingerprint density at radius 2 is 2.33 bits per heavy atom. The van der Waals surface area contributed by atoms with Gasteiger partial charge in [0.05, 0.1) is 18.8 Å². The molecule has 1 aromatic heterocycles. The number of fused-ring (bicyclic) bond motifs is 1. The molecule has 2 aromatic rings. The largest absolute Gasteiger partial charge is 0.374 e. The lowest BCUT2D eigenvalue weighted by Gasteiger charge is -2.36. The van der Waals surface area contributed by atoms with Gasteiger partial charge in [-0.25, -0.2) is 0 Å². The second-order valence-electron chi connectivity index (χ2n) is 5.65. The summed E-state index contributed by atoms with van der Waals surface area (Å²) in [4.78, 5) is 6.63. The van der Waals surface area contributed by atoms with Crippen LogP contribution in [0.2, 0.25) is 0 Å². The maximum absolute atomic E-state index is 6.04. The Morgan fingerprint density at radius 3 is 3.14 bits per heavy atom. The number of nitrogens with one attached hydrogen (secondary N) is 1. The smallest absolute Gasteiger partial charge is 0.0897 e. The number of hydrogen-bond donors (Lipinski definition) is 1. The second kappa shape index (κ2) is 6.52. The Kier molecular flexibility index (Phi) is 4.48. The lowest BCUT2D eigenvalue weighted by atomic mass is 9.95. The number of likely N-dealkylation sites (N-methyl/N-ethyl adjacent to an activating group) is 2. The average molecular weight is 285 g/mol. The van der Waals surface area contributed by atoms with E-state index in [9.17, 15) is 0 Å². The molecule has 1 aromatic carbocycles. The topological polar surface area (TPSA) is 37.4 Å². The van der Waals surface area contributed by atoms with E-state index < -0.39 is 0 Å². The molecular formula is C17H23N3O. The van der Waals surface area contributed by atoms with Gasteiger partial charge in [-0.3, -0.25) is 4.98 Å².